The smallest absolute Gasteiger partial charge is 0.319 e. The number of pyridine rings is 1. The molecule has 140 valence electrons. The number of esters is 1. The first-order valence-corrected chi connectivity index (χ1v) is 10.2. The van der Waals surface area contributed by atoms with Crippen LogP contribution in [-0.4, -0.2) is 49.1 Å². The van der Waals surface area contributed by atoms with Gasteiger partial charge in [-0.1, -0.05) is 11.8 Å². The second kappa shape index (κ2) is 8.74. The number of hydrogen-bond acceptors (Lipinski definition) is 7. The van der Waals surface area contributed by atoms with Crippen LogP contribution in [0.4, 0.5) is 5.82 Å². The van der Waals surface area contributed by atoms with Gasteiger partial charge in [-0.2, -0.15) is 5.26 Å². The first-order valence-electron chi connectivity index (χ1n) is 9.27. The lowest BCUT2D eigenvalue weighted by atomic mass is 9.89. The van der Waals surface area contributed by atoms with E-state index in [9.17, 15) is 10.1 Å². The second-order valence-electron chi connectivity index (χ2n) is 6.50. The average Bonchev–Trinajstić information content (AvgIpc) is 2.68. The molecule has 1 fully saturated rings. The Balaban J connectivity index is 2.00. The molecule has 0 radical (unpaired) electrons. The zero-order valence-corrected chi connectivity index (χ0v) is 16.2. The summed E-state index contributed by atoms with van der Waals surface area (Å²) < 4.78 is 10.6. The summed E-state index contributed by atoms with van der Waals surface area (Å²) >= 11 is 1.33. The SMILES string of the molecule is CCOC(=O)C(C)Sc1nc(N2CCOCC2)c2c(c1C#N)CCCC2. The summed E-state index contributed by atoms with van der Waals surface area (Å²) in [5.41, 5.74) is 2.97. The van der Waals surface area contributed by atoms with E-state index in [4.69, 9.17) is 14.5 Å². The molecule has 1 atom stereocenters. The van der Waals surface area contributed by atoms with E-state index in [0.717, 1.165) is 50.2 Å². The Morgan fingerprint density at radius 2 is 2.04 bits per heavy atom. The molecule has 0 spiro atoms. The van der Waals surface area contributed by atoms with Crippen LogP contribution in [0.3, 0.4) is 0 Å². The first kappa shape index (κ1) is 19.0. The predicted molar refractivity (Wildman–Crippen MR) is 101 cm³/mol. The molecule has 0 N–H and O–H groups in total. The van der Waals surface area contributed by atoms with Crippen LogP contribution in [0.5, 0.6) is 0 Å². The number of thioether (sulfide) groups is 1. The van der Waals surface area contributed by atoms with Crippen molar-refractivity contribution in [2.75, 3.05) is 37.8 Å². The number of aromatic nitrogens is 1. The highest BCUT2D eigenvalue weighted by Crippen LogP contribution is 2.37. The molecule has 1 aliphatic carbocycles. The number of anilines is 1. The van der Waals surface area contributed by atoms with Crippen LogP contribution in [0.15, 0.2) is 5.03 Å². The summed E-state index contributed by atoms with van der Waals surface area (Å²) in [6, 6.07) is 2.35. The molecule has 1 unspecified atom stereocenters. The Labute approximate surface area is 158 Å². The normalized spacial score (nSPS) is 18.0. The molecule has 7 heteroatoms. The van der Waals surface area contributed by atoms with Crippen LogP contribution in [0.25, 0.3) is 0 Å². The number of carbonyl (C=O) groups excluding carboxylic acids is 1. The van der Waals surface area contributed by atoms with E-state index in [0.29, 0.717) is 30.4 Å². The van der Waals surface area contributed by atoms with Gasteiger partial charge in [0, 0.05) is 13.1 Å². The third kappa shape index (κ3) is 3.97. The molecule has 0 amide bonds. The van der Waals surface area contributed by atoms with Crippen molar-refractivity contribution in [3.8, 4) is 6.07 Å². The van der Waals surface area contributed by atoms with Crippen LogP contribution >= 0.6 is 11.8 Å². The number of rotatable bonds is 5. The van der Waals surface area contributed by atoms with Gasteiger partial charge in [-0.3, -0.25) is 4.79 Å². The van der Waals surface area contributed by atoms with Crippen LogP contribution in [-0.2, 0) is 27.1 Å². The zero-order valence-electron chi connectivity index (χ0n) is 15.4. The van der Waals surface area contributed by atoms with Gasteiger partial charge in [-0.15, -0.1) is 0 Å². The van der Waals surface area contributed by atoms with Gasteiger partial charge in [-0.25, -0.2) is 4.98 Å². The van der Waals surface area contributed by atoms with Gasteiger partial charge in [0.15, 0.2) is 0 Å². The van der Waals surface area contributed by atoms with E-state index in [1.54, 1.807) is 13.8 Å². The summed E-state index contributed by atoms with van der Waals surface area (Å²) in [5, 5.41) is 10.0. The van der Waals surface area contributed by atoms with Crippen molar-refractivity contribution in [1.29, 1.82) is 5.26 Å². The Morgan fingerprint density at radius 3 is 2.69 bits per heavy atom. The number of nitrogens with zero attached hydrogens (tertiary/aromatic N) is 3. The third-order valence-corrected chi connectivity index (χ3v) is 5.85. The zero-order chi connectivity index (χ0) is 18.5. The van der Waals surface area contributed by atoms with E-state index < -0.39 is 5.25 Å². The van der Waals surface area contributed by atoms with Gasteiger partial charge < -0.3 is 14.4 Å². The molecule has 26 heavy (non-hydrogen) atoms. The van der Waals surface area contributed by atoms with E-state index in [1.807, 2.05) is 0 Å². The van der Waals surface area contributed by atoms with E-state index in [-0.39, 0.29) is 5.97 Å². The lowest BCUT2D eigenvalue weighted by molar-refractivity contribution is -0.142. The molecular formula is C19H25N3O3S. The Hall–Kier alpha value is -1.78. The van der Waals surface area contributed by atoms with Crippen molar-refractivity contribution in [3.05, 3.63) is 16.7 Å². The lowest BCUT2D eigenvalue weighted by Crippen LogP contribution is -2.38. The Bertz CT molecular complexity index is 711. The standard InChI is InChI=1S/C19H25N3O3S/c1-3-25-19(23)13(2)26-18-16(12-20)14-6-4-5-7-15(14)17(21-18)22-8-10-24-11-9-22/h13H,3-11H2,1-2H3. The fraction of sp³-hybridized carbons (Fsp3) is 0.632. The molecular weight excluding hydrogens is 350 g/mol. The number of fused-ring (bicyclic) bond motifs is 1. The molecule has 0 saturated carbocycles. The van der Waals surface area contributed by atoms with E-state index in [1.165, 1.54) is 17.3 Å². The van der Waals surface area contributed by atoms with Crippen molar-refractivity contribution in [2.24, 2.45) is 0 Å². The van der Waals surface area contributed by atoms with Crippen LogP contribution in [0, 0.1) is 11.3 Å². The minimum Gasteiger partial charge on any atom is -0.465 e. The molecule has 2 heterocycles. The van der Waals surface area contributed by atoms with E-state index >= 15 is 0 Å². The van der Waals surface area contributed by atoms with Crippen LogP contribution in [0.2, 0.25) is 0 Å². The molecule has 0 bridgehead atoms. The van der Waals surface area contributed by atoms with Crippen molar-refractivity contribution >= 4 is 23.5 Å². The van der Waals surface area contributed by atoms with Crippen LogP contribution in [0.1, 0.15) is 43.4 Å². The predicted octanol–water partition coefficient (Wildman–Crippen LogP) is 2.71. The molecule has 0 aromatic carbocycles. The molecule has 1 aromatic heterocycles. The maximum atomic E-state index is 12.0. The van der Waals surface area contributed by atoms with Crippen molar-refractivity contribution in [3.63, 3.8) is 0 Å². The number of morpholine rings is 1. The van der Waals surface area contributed by atoms with Gasteiger partial charge >= 0.3 is 5.97 Å². The average molecular weight is 375 g/mol. The topological polar surface area (TPSA) is 75.4 Å². The maximum Gasteiger partial charge on any atom is 0.319 e. The van der Waals surface area contributed by atoms with Gasteiger partial charge in [-0.05, 0) is 50.7 Å². The molecule has 6 nitrogen and oxygen atoms in total. The fourth-order valence-electron chi connectivity index (χ4n) is 3.49. The van der Waals surface area contributed by atoms with Crippen molar-refractivity contribution in [1.82, 2.24) is 4.98 Å². The highest BCUT2D eigenvalue weighted by molar-refractivity contribution is 8.00. The molecule has 1 aromatic rings. The maximum absolute atomic E-state index is 12.0. The number of hydrogen-bond donors (Lipinski definition) is 0. The van der Waals surface area contributed by atoms with Crippen LogP contribution < -0.4 is 4.90 Å². The van der Waals surface area contributed by atoms with Gasteiger partial charge in [0.2, 0.25) is 0 Å². The highest BCUT2D eigenvalue weighted by atomic mass is 32.2. The number of carbonyl (C=O) groups is 1. The summed E-state index contributed by atoms with van der Waals surface area (Å²) in [4.78, 5) is 19.2. The second-order valence-corrected chi connectivity index (χ2v) is 7.83. The Morgan fingerprint density at radius 1 is 1.35 bits per heavy atom. The quantitative estimate of drug-likeness (QED) is 0.578. The summed E-state index contributed by atoms with van der Waals surface area (Å²) in [7, 11) is 0. The van der Waals surface area contributed by atoms with Gasteiger partial charge in [0.25, 0.3) is 0 Å². The monoisotopic (exact) mass is 375 g/mol. The minimum absolute atomic E-state index is 0.270. The summed E-state index contributed by atoms with van der Waals surface area (Å²) in [5.74, 6) is 0.703. The molecule has 1 aliphatic heterocycles. The molecule has 1 saturated heterocycles. The lowest BCUT2D eigenvalue weighted by Gasteiger charge is -2.32. The summed E-state index contributed by atoms with van der Waals surface area (Å²) in [6.07, 6.45) is 4.08. The number of nitriles is 1. The summed E-state index contributed by atoms with van der Waals surface area (Å²) in [6.45, 7) is 6.95. The van der Waals surface area contributed by atoms with Gasteiger partial charge in [0.1, 0.15) is 22.2 Å². The van der Waals surface area contributed by atoms with Gasteiger partial charge in [0.05, 0.1) is 25.4 Å². The third-order valence-electron chi connectivity index (χ3n) is 4.79. The van der Waals surface area contributed by atoms with E-state index in [2.05, 4.69) is 11.0 Å². The van der Waals surface area contributed by atoms with Crippen molar-refractivity contribution < 1.29 is 14.3 Å². The molecule has 2 aliphatic rings. The Kier molecular flexibility index (Phi) is 6.38. The molecule has 3 rings (SSSR count). The van der Waals surface area contributed by atoms with Crippen molar-refractivity contribution in [2.45, 2.75) is 49.8 Å². The largest absolute Gasteiger partial charge is 0.465 e. The number of ether oxygens (including phenoxy) is 2. The minimum atomic E-state index is -0.395. The highest BCUT2D eigenvalue weighted by Gasteiger charge is 2.28. The fourth-order valence-corrected chi connectivity index (χ4v) is 4.41. The first-order chi connectivity index (χ1) is 12.7.